The van der Waals surface area contributed by atoms with E-state index in [1.54, 1.807) is 13.8 Å². The molecule has 98 valence electrons. The summed E-state index contributed by atoms with van der Waals surface area (Å²) in [6, 6.07) is 0. The van der Waals surface area contributed by atoms with Crippen LogP contribution in [0.25, 0.3) is 0 Å². The van der Waals surface area contributed by atoms with Gasteiger partial charge in [-0.05, 0) is 33.6 Å². The van der Waals surface area contributed by atoms with Crippen LogP contribution in [0.5, 0.6) is 0 Å². The van der Waals surface area contributed by atoms with Gasteiger partial charge in [0.05, 0.1) is 17.4 Å². The molecule has 2 unspecified atom stereocenters. The van der Waals surface area contributed by atoms with Gasteiger partial charge < -0.3 is 15.8 Å². The van der Waals surface area contributed by atoms with Crippen molar-refractivity contribution in [2.24, 2.45) is 17.1 Å². The van der Waals surface area contributed by atoms with Crippen molar-refractivity contribution in [3.63, 3.8) is 0 Å². The molecule has 5 heteroatoms. The van der Waals surface area contributed by atoms with Gasteiger partial charge in [0, 0.05) is 13.2 Å². The molecule has 0 saturated carbocycles. The highest BCUT2D eigenvalue weighted by atomic mass is 16.5. The first-order chi connectivity index (χ1) is 7.84. The van der Waals surface area contributed by atoms with Gasteiger partial charge in [-0.2, -0.15) is 0 Å². The van der Waals surface area contributed by atoms with E-state index in [1.807, 2.05) is 6.92 Å². The Morgan fingerprint density at radius 1 is 1.47 bits per heavy atom. The van der Waals surface area contributed by atoms with Gasteiger partial charge in [0.2, 0.25) is 11.8 Å². The molecule has 0 aromatic heterocycles. The van der Waals surface area contributed by atoms with Crippen LogP contribution in [0.15, 0.2) is 0 Å². The Balaban J connectivity index is 2.46. The molecule has 1 fully saturated rings. The number of carbonyl (C=O) groups excluding carboxylic acids is 2. The number of amides is 2. The summed E-state index contributed by atoms with van der Waals surface area (Å²) in [6.07, 6.45) is 1.69. The molecular formula is C12H22N2O3. The maximum absolute atomic E-state index is 11.9. The number of primary amides is 1. The van der Waals surface area contributed by atoms with E-state index in [2.05, 4.69) is 5.32 Å². The van der Waals surface area contributed by atoms with Gasteiger partial charge in [-0.3, -0.25) is 9.59 Å². The molecule has 0 aromatic rings. The van der Waals surface area contributed by atoms with Gasteiger partial charge >= 0.3 is 0 Å². The molecule has 1 heterocycles. The van der Waals surface area contributed by atoms with E-state index in [9.17, 15) is 9.59 Å². The lowest BCUT2D eigenvalue weighted by Crippen LogP contribution is -2.46. The van der Waals surface area contributed by atoms with E-state index < -0.39 is 11.3 Å². The third kappa shape index (κ3) is 3.70. The number of carbonyl (C=O) groups is 2. The summed E-state index contributed by atoms with van der Waals surface area (Å²) in [5, 5.41) is 2.78. The highest BCUT2D eigenvalue weighted by Crippen LogP contribution is 2.21. The quantitative estimate of drug-likeness (QED) is 0.750. The second-order valence-electron chi connectivity index (χ2n) is 5.29. The molecule has 0 spiro atoms. The number of ether oxygens (including phenoxy) is 1. The van der Waals surface area contributed by atoms with Crippen molar-refractivity contribution >= 4 is 11.8 Å². The van der Waals surface area contributed by atoms with Crippen molar-refractivity contribution in [2.45, 2.75) is 39.7 Å². The maximum Gasteiger partial charge on any atom is 0.225 e. The van der Waals surface area contributed by atoms with Gasteiger partial charge in [0.1, 0.15) is 0 Å². The Labute approximate surface area is 102 Å². The van der Waals surface area contributed by atoms with Crippen LogP contribution < -0.4 is 11.1 Å². The highest BCUT2D eigenvalue weighted by Gasteiger charge is 2.31. The van der Waals surface area contributed by atoms with Crippen molar-refractivity contribution in [3.05, 3.63) is 0 Å². The summed E-state index contributed by atoms with van der Waals surface area (Å²) in [4.78, 5) is 23.1. The van der Waals surface area contributed by atoms with Gasteiger partial charge in [0.25, 0.3) is 0 Å². The lowest BCUT2D eigenvalue weighted by Gasteiger charge is -2.29. The Hall–Kier alpha value is -1.10. The van der Waals surface area contributed by atoms with E-state index in [-0.39, 0.29) is 24.5 Å². The molecule has 0 radical (unpaired) electrons. The fourth-order valence-electron chi connectivity index (χ4n) is 1.79. The van der Waals surface area contributed by atoms with Gasteiger partial charge in [0.15, 0.2) is 0 Å². The summed E-state index contributed by atoms with van der Waals surface area (Å²) >= 11 is 0. The monoisotopic (exact) mass is 242 g/mol. The fourth-order valence-corrected chi connectivity index (χ4v) is 1.79. The van der Waals surface area contributed by atoms with Crippen LogP contribution in [0.4, 0.5) is 0 Å². The lowest BCUT2D eigenvalue weighted by molar-refractivity contribution is -0.134. The minimum atomic E-state index is -0.714. The normalized spacial score (nSPS) is 25.4. The molecule has 5 nitrogen and oxygen atoms in total. The third-order valence-electron chi connectivity index (χ3n) is 3.32. The second kappa shape index (κ2) is 5.49. The standard InChI is InChI=1S/C12H22N2O3/c1-8-9(5-4-6-17-8)10(15)14-7-12(2,3)11(13)16/h8-9H,4-7H2,1-3H3,(H2,13,16)(H,14,15). The summed E-state index contributed by atoms with van der Waals surface area (Å²) in [6.45, 7) is 6.33. The van der Waals surface area contributed by atoms with Gasteiger partial charge in [-0.25, -0.2) is 0 Å². The molecule has 0 aromatic carbocycles. The Kier molecular flexibility index (Phi) is 4.51. The van der Waals surface area contributed by atoms with Crippen LogP contribution in [-0.2, 0) is 14.3 Å². The van der Waals surface area contributed by atoms with Crippen molar-refractivity contribution in [1.82, 2.24) is 5.32 Å². The first-order valence-electron chi connectivity index (χ1n) is 6.04. The molecule has 0 bridgehead atoms. The number of rotatable bonds is 4. The average molecular weight is 242 g/mol. The van der Waals surface area contributed by atoms with E-state index in [4.69, 9.17) is 10.5 Å². The zero-order valence-corrected chi connectivity index (χ0v) is 10.8. The van der Waals surface area contributed by atoms with E-state index in [0.717, 1.165) is 19.4 Å². The van der Waals surface area contributed by atoms with Crippen molar-refractivity contribution in [1.29, 1.82) is 0 Å². The largest absolute Gasteiger partial charge is 0.378 e. The zero-order chi connectivity index (χ0) is 13.1. The smallest absolute Gasteiger partial charge is 0.225 e. The van der Waals surface area contributed by atoms with E-state index in [0.29, 0.717) is 0 Å². The average Bonchev–Trinajstić information content (AvgIpc) is 2.26. The molecule has 2 atom stereocenters. The van der Waals surface area contributed by atoms with Crippen LogP contribution in [0, 0.1) is 11.3 Å². The summed E-state index contributed by atoms with van der Waals surface area (Å²) in [5.41, 5.74) is 4.53. The first kappa shape index (κ1) is 14.0. The minimum absolute atomic E-state index is 0.0495. The molecular weight excluding hydrogens is 220 g/mol. The third-order valence-corrected chi connectivity index (χ3v) is 3.32. The molecule has 0 aliphatic carbocycles. The number of hydrogen-bond acceptors (Lipinski definition) is 3. The number of nitrogens with two attached hydrogens (primary N) is 1. The summed E-state index contributed by atoms with van der Waals surface area (Å²) in [7, 11) is 0. The predicted molar refractivity (Wildman–Crippen MR) is 64.1 cm³/mol. The molecule has 1 aliphatic heterocycles. The van der Waals surface area contributed by atoms with E-state index >= 15 is 0 Å². The Morgan fingerprint density at radius 2 is 2.12 bits per heavy atom. The van der Waals surface area contributed by atoms with Gasteiger partial charge in [-0.15, -0.1) is 0 Å². The molecule has 17 heavy (non-hydrogen) atoms. The van der Waals surface area contributed by atoms with Crippen molar-refractivity contribution in [2.75, 3.05) is 13.2 Å². The van der Waals surface area contributed by atoms with Crippen LogP contribution >= 0.6 is 0 Å². The summed E-state index contributed by atoms with van der Waals surface area (Å²) in [5.74, 6) is -0.579. The Bertz CT molecular complexity index is 302. The number of hydrogen-bond donors (Lipinski definition) is 2. The molecule has 1 saturated heterocycles. The number of nitrogens with one attached hydrogen (secondary N) is 1. The topological polar surface area (TPSA) is 81.4 Å². The van der Waals surface area contributed by atoms with Crippen LogP contribution in [0.3, 0.4) is 0 Å². The molecule has 3 N–H and O–H groups in total. The Morgan fingerprint density at radius 3 is 2.65 bits per heavy atom. The molecule has 1 aliphatic rings. The molecule has 1 rings (SSSR count). The zero-order valence-electron chi connectivity index (χ0n) is 10.8. The van der Waals surface area contributed by atoms with Crippen LogP contribution in [-0.4, -0.2) is 31.1 Å². The van der Waals surface area contributed by atoms with Crippen molar-refractivity contribution < 1.29 is 14.3 Å². The van der Waals surface area contributed by atoms with Crippen LogP contribution in [0.1, 0.15) is 33.6 Å². The molecule has 2 amide bonds. The van der Waals surface area contributed by atoms with E-state index in [1.165, 1.54) is 0 Å². The van der Waals surface area contributed by atoms with Crippen LogP contribution in [0.2, 0.25) is 0 Å². The second-order valence-corrected chi connectivity index (χ2v) is 5.29. The highest BCUT2D eigenvalue weighted by molar-refractivity contribution is 5.83. The minimum Gasteiger partial charge on any atom is -0.378 e. The first-order valence-corrected chi connectivity index (χ1v) is 6.04. The summed E-state index contributed by atoms with van der Waals surface area (Å²) < 4.78 is 5.44. The van der Waals surface area contributed by atoms with Gasteiger partial charge in [-0.1, -0.05) is 0 Å². The fraction of sp³-hybridized carbons (Fsp3) is 0.833. The maximum atomic E-state index is 11.9. The SMILES string of the molecule is CC1OCCCC1C(=O)NCC(C)(C)C(N)=O. The lowest BCUT2D eigenvalue weighted by atomic mass is 9.91. The van der Waals surface area contributed by atoms with Crippen molar-refractivity contribution in [3.8, 4) is 0 Å². The predicted octanol–water partition coefficient (Wildman–Crippen LogP) is 0.429.